The Morgan fingerprint density at radius 3 is 3.00 bits per heavy atom. The van der Waals surface area contributed by atoms with Crippen molar-refractivity contribution in [2.75, 3.05) is 20.2 Å². The van der Waals surface area contributed by atoms with Gasteiger partial charge >= 0.3 is 0 Å². The van der Waals surface area contributed by atoms with E-state index in [-0.39, 0.29) is 5.91 Å². The lowest BCUT2D eigenvalue weighted by Gasteiger charge is -2.13. The number of amides is 1. The van der Waals surface area contributed by atoms with Crippen LogP contribution in [-0.4, -0.2) is 31.0 Å². The van der Waals surface area contributed by atoms with Crippen LogP contribution >= 0.6 is 0 Å². The van der Waals surface area contributed by atoms with Crippen molar-refractivity contribution in [2.24, 2.45) is 5.73 Å². The second-order valence-corrected chi connectivity index (χ2v) is 3.50. The first kappa shape index (κ1) is 9.98. The molecule has 0 unspecified atom stereocenters. The van der Waals surface area contributed by atoms with Crippen LogP contribution in [-0.2, 0) is 6.54 Å². The first-order chi connectivity index (χ1) is 7.27. The monoisotopic (exact) mass is 206 g/mol. The third kappa shape index (κ3) is 1.57. The van der Waals surface area contributed by atoms with E-state index < -0.39 is 0 Å². The van der Waals surface area contributed by atoms with E-state index in [1.807, 2.05) is 18.2 Å². The number of methoxy groups -OCH3 is 1. The maximum absolute atomic E-state index is 11.9. The van der Waals surface area contributed by atoms with Crippen molar-refractivity contribution < 1.29 is 9.53 Å². The molecule has 1 aromatic carbocycles. The molecular weight excluding hydrogens is 192 g/mol. The van der Waals surface area contributed by atoms with Gasteiger partial charge in [-0.15, -0.1) is 0 Å². The van der Waals surface area contributed by atoms with Crippen LogP contribution in [0.4, 0.5) is 0 Å². The average molecular weight is 206 g/mol. The summed E-state index contributed by atoms with van der Waals surface area (Å²) in [6.07, 6.45) is 0. The summed E-state index contributed by atoms with van der Waals surface area (Å²) in [5.74, 6) is 0.828. The summed E-state index contributed by atoms with van der Waals surface area (Å²) in [4.78, 5) is 13.6. The molecule has 0 saturated heterocycles. The fourth-order valence-electron chi connectivity index (χ4n) is 1.89. The highest BCUT2D eigenvalue weighted by atomic mass is 16.5. The minimum absolute atomic E-state index is 0.0503. The van der Waals surface area contributed by atoms with Crippen LogP contribution in [0.25, 0.3) is 0 Å². The molecule has 1 aliphatic heterocycles. The Hall–Kier alpha value is -1.55. The average Bonchev–Trinajstić information content (AvgIpc) is 2.57. The Morgan fingerprint density at radius 2 is 2.33 bits per heavy atom. The van der Waals surface area contributed by atoms with Gasteiger partial charge in [-0.25, -0.2) is 0 Å². The van der Waals surface area contributed by atoms with Crippen LogP contribution in [0.2, 0.25) is 0 Å². The van der Waals surface area contributed by atoms with Gasteiger partial charge < -0.3 is 15.4 Å². The predicted octanol–water partition coefficient (Wildman–Crippen LogP) is 0.610. The van der Waals surface area contributed by atoms with Gasteiger partial charge in [0.25, 0.3) is 5.91 Å². The fraction of sp³-hybridized carbons (Fsp3) is 0.364. The van der Waals surface area contributed by atoms with E-state index >= 15 is 0 Å². The Kier molecular flexibility index (Phi) is 2.60. The van der Waals surface area contributed by atoms with Crippen molar-refractivity contribution in [3.05, 3.63) is 29.3 Å². The van der Waals surface area contributed by atoms with Gasteiger partial charge in [-0.3, -0.25) is 4.79 Å². The molecule has 2 rings (SSSR count). The molecule has 0 saturated carbocycles. The molecule has 4 nitrogen and oxygen atoms in total. The van der Waals surface area contributed by atoms with Crippen molar-refractivity contribution >= 4 is 5.91 Å². The highest BCUT2D eigenvalue weighted by molar-refractivity contribution is 5.99. The fourth-order valence-corrected chi connectivity index (χ4v) is 1.89. The SMILES string of the molecule is COc1cccc2c1CN(CCN)C2=O. The van der Waals surface area contributed by atoms with Gasteiger partial charge in [0.15, 0.2) is 0 Å². The van der Waals surface area contributed by atoms with Crippen molar-refractivity contribution in [3.63, 3.8) is 0 Å². The topological polar surface area (TPSA) is 55.6 Å². The molecule has 0 aromatic heterocycles. The third-order valence-corrected chi connectivity index (χ3v) is 2.62. The maximum atomic E-state index is 11.9. The van der Waals surface area contributed by atoms with E-state index in [2.05, 4.69) is 0 Å². The normalized spacial score (nSPS) is 14.3. The Morgan fingerprint density at radius 1 is 1.53 bits per heavy atom. The molecule has 1 heterocycles. The molecule has 0 aliphatic carbocycles. The van der Waals surface area contributed by atoms with Gasteiger partial charge in [0.05, 0.1) is 13.7 Å². The molecule has 1 amide bonds. The predicted molar refractivity (Wildman–Crippen MR) is 56.8 cm³/mol. The summed E-state index contributed by atoms with van der Waals surface area (Å²) < 4.78 is 5.22. The summed E-state index contributed by atoms with van der Waals surface area (Å²) in [6, 6.07) is 5.54. The van der Waals surface area contributed by atoms with Crippen LogP contribution < -0.4 is 10.5 Å². The molecule has 0 radical (unpaired) electrons. The lowest BCUT2D eigenvalue weighted by Crippen LogP contribution is -2.29. The molecule has 0 spiro atoms. The molecular formula is C11H14N2O2. The summed E-state index contributed by atoms with van der Waals surface area (Å²) in [6.45, 7) is 1.69. The van der Waals surface area contributed by atoms with E-state index in [0.717, 1.165) is 16.9 Å². The number of hydrogen-bond acceptors (Lipinski definition) is 3. The van der Waals surface area contributed by atoms with Gasteiger partial charge in [0, 0.05) is 24.2 Å². The van der Waals surface area contributed by atoms with Gasteiger partial charge in [-0.05, 0) is 12.1 Å². The van der Waals surface area contributed by atoms with E-state index in [4.69, 9.17) is 10.5 Å². The number of benzene rings is 1. The molecule has 4 heteroatoms. The zero-order valence-corrected chi connectivity index (χ0v) is 8.69. The number of nitrogens with two attached hydrogens (primary N) is 1. The van der Waals surface area contributed by atoms with Crippen LogP contribution in [0.5, 0.6) is 5.75 Å². The maximum Gasteiger partial charge on any atom is 0.254 e. The van der Waals surface area contributed by atoms with Crippen molar-refractivity contribution in [2.45, 2.75) is 6.54 Å². The van der Waals surface area contributed by atoms with Crippen LogP contribution in [0.15, 0.2) is 18.2 Å². The smallest absolute Gasteiger partial charge is 0.254 e. The van der Waals surface area contributed by atoms with Gasteiger partial charge in [-0.2, -0.15) is 0 Å². The van der Waals surface area contributed by atoms with Gasteiger partial charge in [0.2, 0.25) is 0 Å². The molecule has 0 bridgehead atoms. The first-order valence-electron chi connectivity index (χ1n) is 4.93. The largest absolute Gasteiger partial charge is 0.496 e. The van der Waals surface area contributed by atoms with Crippen LogP contribution in [0.1, 0.15) is 15.9 Å². The second kappa shape index (κ2) is 3.90. The van der Waals surface area contributed by atoms with E-state index in [1.54, 1.807) is 12.0 Å². The minimum atomic E-state index is 0.0503. The summed E-state index contributed by atoms with van der Waals surface area (Å²) >= 11 is 0. The second-order valence-electron chi connectivity index (χ2n) is 3.50. The number of rotatable bonds is 3. The first-order valence-corrected chi connectivity index (χ1v) is 4.93. The number of carbonyl (C=O) groups excluding carboxylic acids is 1. The molecule has 2 N–H and O–H groups in total. The van der Waals surface area contributed by atoms with Crippen LogP contribution in [0.3, 0.4) is 0 Å². The van der Waals surface area contributed by atoms with E-state index in [1.165, 1.54) is 0 Å². The molecule has 80 valence electrons. The number of carbonyl (C=O) groups is 1. The molecule has 1 aromatic rings. The quantitative estimate of drug-likeness (QED) is 0.788. The molecule has 0 atom stereocenters. The van der Waals surface area contributed by atoms with Crippen LogP contribution in [0, 0.1) is 0 Å². The Bertz CT molecular complexity index is 390. The number of nitrogens with zero attached hydrogens (tertiary/aromatic N) is 1. The molecule has 0 fully saturated rings. The number of hydrogen-bond donors (Lipinski definition) is 1. The Labute approximate surface area is 88.6 Å². The summed E-state index contributed by atoms with van der Waals surface area (Å²) in [5, 5.41) is 0. The third-order valence-electron chi connectivity index (χ3n) is 2.62. The van der Waals surface area contributed by atoms with Crippen molar-refractivity contribution in [1.82, 2.24) is 4.90 Å². The zero-order valence-electron chi connectivity index (χ0n) is 8.69. The van der Waals surface area contributed by atoms with Gasteiger partial charge in [-0.1, -0.05) is 6.07 Å². The summed E-state index contributed by atoms with van der Waals surface area (Å²) in [7, 11) is 1.62. The highest BCUT2D eigenvalue weighted by Crippen LogP contribution is 2.30. The zero-order chi connectivity index (χ0) is 10.8. The highest BCUT2D eigenvalue weighted by Gasteiger charge is 2.28. The summed E-state index contributed by atoms with van der Waals surface area (Å²) in [5.41, 5.74) is 7.16. The van der Waals surface area contributed by atoms with E-state index in [0.29, 0.717) is 19.6 Å². The van der Waals surface area contributed by atoms with Crippen molar-refractivity contribution in [1.29, 1.82) is 0 Å². The van der Waals surface area contributed by atoms with Gasteiger partial charge in [0.1, 0.15) is 5.75 Å². The minimum Gasteiger partial charge on any atom is -0.496 e. The standard InChI is InChI=1S/C11H14N2O2/c1-15-10-4-2-3-8-9(10)7-13(6-5-12)11(8)14/h2-4H,5-7,12H2,1H3. The van der Waals surface area contributed by atoms with Crippen molar-refractivity contribution in [3.8, 4) is 5.75 Å². The molecule has 1 aliphatic rings. The Balaban J connectivity index is 2.35. The lowest BCUT2D eigenvalue weighted by atomic mass is 10.1. The lowest BCUT2D eigenvalue weighted by molar-refractivity contribution is 0.0783. The molecule has 15 heavy (non-hydrogen) atoms. The number of fused-ring (bicyclic) bond motifs is 1. The number of ether oxygens (including phenoxy) is 1. The van der Waals surface area contributed by atoms with E-state index in [9.17, 15) is 4.79 Å².